The van der Waals surface area contributed by atoms with E-state index in [0.29, 0.717) is 45.3 Å². The van der Waals surface area contributed by atoms with Crippen LogP contribution in [0.1, 0.15) is 75.7 Å². The lowest BCUT2D eigenvalue weighted by Crippen LogP contribution is -2.57. The molecule has 2 radical (unpaired) electrons. The molecule has 1 unspecified atom stereocenters. The molecule has 0 aliphatic carbocycles. The number of esters is 1. The fourth-order valence-corrected chi connectivity index (χ4v) is 11.1. The molecule has 3 saturated heterocycles. The van der Waals surface area contributed by atoms with Crippen molar-refractivity contribution in [3.63, 3.8) is 0 Å². The van der Waals surface area contributed by atoms with Crippen molar-refractivity contribution in [2.75, 3.05) is 26.9 Å². The van der Waals surface area contributed by atoms with Crippen LogP contribution in [0.2, 0.25) is 10.6 Å². The molecule has 4 aliphatic heterocycles. The highest BCUT2D eigenvalue weighted by Gasteiger charge is 2.66. The number of ether oxygens (including phenoxy) is 3. The zero-order chi connectivity index (χ0) is 37.1. The van der Waals surface area contributed by atoms with Crippen molar-refractivity contribution in [1.29, 1.82) is 0 Å². The number of hydrogen-bond acceptors (Lipinski definition) is 10. The number of benzene rings is 1. The number of thiazole rings is 1. The van der Waals surface area contributed by atoms with Gasteiger partial charge in [-0.1, -0.05) is 19.9 Å². The first-order valence-electron chi connectivity index (χ1n) is 18.8. The van der Waals surface area contributed by atoms with E-state index in [9.17, 15) is 14.4 Å². The Morgan fingerprint density at radius 3 is 2.81 bits per heavy atom. The summed E-state index contributed by atoms with van der Waals surface area (Å²) < 4.78 is 20.0. The molecule has 1 aromatic carbocycles. The third-order valence-electron chi connectivity index (χ3n) is 11.3. The van der Waals surface area contributed by atoms with Crippen molar-refractivity contribution in [3.8, 4) is 22.5 Å². The number of carbonyl (C=O) groups is 3. The normalized spacial score (nSPS) is 26.4. The minimum Gasteiger partial charge on any atom is -0.464 e. The SMILES string of the molecule is CCn1c(-c2cccnc2[C@H](C)OC)c2c3cc(ccc31)-c1csc(n1)C[C@@]1([Si]C1C(=O)[C@@H]1CCCO1)C(=O)N1CCC[C@H](N1)C(=O)OCC(C)(C)C2. The Morgan fingerprint density at radius 1 is 1.19 bits per heavy atom. The van der Waals surface area contributed by atoms with Crippen LogP contribution in [0.5, 0.6) is 0 Å². The van der Waals surface area contributed by atoms with Gasteiger partial charge in [0.1, 0.15) is 12.1 Å². The van der Waals surface area contributed by atoms with Crippen LogP contribution in [-0.2, 0) is 48.0 Å². The number of ketones is 1. The van der Waals surface area contributed by atoms with E-state index in [2.05, 4.69) is 60.4 Å². The van der Waals surface area contributed by atoms with Gasteiger partial charge in [0.15, 0.2) is 5.78 Å². The summed E-state index contributed by atoms with van der Waals surface area (Å²) >= 11 is 1.53. The number of cyclic esters (lactones) is 1. The molecular formula is C40H47N5O6SSi. The van der Waals surface area contributed by atoms with Crippen molar-refractivity contribution in [2.45, 2.75) is 102 Å². The van der Waals surface area contributed by atoms with Crippen molar-refractivity contribution < 1.29 is 28.6 Å². The number of fused-ring (bicyclic) bond motifs is 6. The highest BCUT2D eigenvalue weighted by molar-refractivity contribution is 7.10. The molecule has 3 aromatic heterocycles. The van der Waals surface area contributed by atoms with Crippen LogP contribution in [0.25, 0.3) is 33.4 Å². The van der Waals surface area contributed by atoms with Crippen LogP contribution < -0.4 is 5.43 Å². The van der Waals surface area contributed by atoms with Crippen molar-refractivity contribution in [2.24, 2.45) is 5.41 Å². The number of carbonyl (C=O) groups excluding carboxylic acids is 3. The van der Waals surface area contributed by atoms with Gasteiger partial charge in [0, 0.05) is 77.8 Å². The molecule has 53 heavy (non-hydrogen) atoms. The standard InChI is InChI=1S/C40H47N5O6SSi/c1-6-44-30-14-13-24-18-26(30)27(34(44)25-10-7-15-41-33(25)23(2)49-5)19-39(3,4)22-51-37(47)28-11-8-16-45(43-28)38(48)40(20-32-42-29(24)21-52-32)36(53-40)35(46)31-12-9-17-50-31/h7,10,13-15,18,21,23,28,31,36,43H,6,8-9,11-12,16-17,19-20,22H2,1-5H3/t23-,28-,31-,36?,40-/m0/s1. The van der Waals surface area contributed by atoms with Crippen molar-refractivity contribution in [1.82, 2.24) is 25.0 Å². The van der Waals surface area contributed by atoms with Crippen LogP contribution in [-0.4, -0.2) is 85.7 Å². The summed E-state index contributed by atoms with van der Waals surface area (Å²) in [5, 5.41) is 4.67. The van der Waals surface area contributed by atoms with Crippen LogP contribution in [0.15, 0.2) is 41.9 Å². The predicted molar refractivity (Wildman–Crippen MR) is 204 cm³/mol. The van der Waals surface area contributed by atoms with E-state index in [-0.39, 0.29) is 39.9 Å². The molecule has 4 aliphatic rings. The van der Waals surface area contributed by atoms with Gasteiger partial charge in [-0.3, -0.25) is 24.4 Å². The number of amides is 1. The zero-order valence-corrected chi connectivity index (χ0v) is 32.9. The van der Waals surface area contributed by atoms with E-state index in [0.717, 1.165) is 62.6 Å². The van der Waals surface area contributed by atoms with Crippen LogP contribution in [0.3, 0.4) is 0 Å². The highest BCUT2D eigenvalue weighted by atomic mass is 32.1. The molecular weight excluding hydrogens is 707 g/mol. The number of nitrogens with one attached hydrogen (secondary N) is 1. The maximum absolute atomic E-state index is 14.5. The number of methoxy groups -OCH3 is 1. The molecule has 278 valence electrons. The summed E-state index contributed by atoms with van der Waals surface area (Å²) in [7, 11) is 1.83. The lowest BCUT2D eigenvalue weighted by Gasteiger charge is -2.36. The van der Waals surface area contributed by atoms with E-state index in [1.165, 1.54) is 11.3 Å². The Labute approximate surface area is 316 Å². The summed E-state index contributed by atoms with van der Waals surface area (Å²) in [6, 6.07) is 9.95. The summed E-state index contributed by atoms with van der Waals surface area (Å²) in [5.74, 6) is -0.489. The highest BCUT2D eigenvalue weighted by Crippen LogP contribution is 2.61. The van der Waals surface area contributed by atoms with Crippen LogP contribution in [0, 0.1) is 5.41 Å². The van der Waals surface area contributed by atoms with Crippen molar-refractivity contribution in [3.05, 3.63) is 58.2 Å². The van der Waals surface area contributed by atoms with Gasteiger partial charge in [0.25, 0.3) is 0 Å². The molecule has 8 rings (SSSR count). The average molecular weight is 754 g/mol. The lowest BCUT2D eigenvalue weighted by atomic mass is 9.84. The third kappa shape index (κ3) is 6.58. The van der Waals surface area contributed by atoms with Gasteiger partial charge < -0.3 is 18.8 Å². The molecule has 1 N–H and O–H groups in total. The number of rotatable bonds is 6. The Kier molecular flexibility index (Phi) is 9.67. The van der Waals surface area contributed by atoms with Gasteiger partial charge in [-0.25, -0.2) is 10.4 Å². The number of nitrogens with zero attached hydrogens (tertiary/aromatic N) is 4. The molecule has 1 spiro atoms. The first-order chi connectivity index (χ1) is 25.5. The Bertz CT molecular complexity index is 2070. The van der Waals surface area contributed by atoms with Gasteiger partial charge in [0.05, 0.1) is 49.4 Å². The maximum Gasteiger partial charge on any atom is 0.324 e. The smallest absolute Gasteiger partial charge is 0.324 e. The second-order valence-corrected chi connectivity index (χ2v) is 18.3. The summed E-state index contributed by atoms with van der Waals surface area (Å²) in [4.78, 5) is 51.8. The van der Waals surface area contributed by atoms with Crippen LogP contribution in [0.4, 0.5) is 0 Å². The molecule has 7 heterocycles. The van der Waals surface area contributed by atoms with E-state index in [1.54, 1.807) is 12.1 Å². The fraction of sp³-hybridized carbons (Fsp3) is 0.525. The lowest BCUT2D eigenvalue weighted by molar-refractivity contribution is -0.155. The van der Waals surface area contributed by atoms with Gasteiger partial charge in [-0.05, 0) is 75.8 Å². The number of hydrogen-bond donors (Lipinski definition) is 1. The van der Waals surface area contributed by atoms with Crippen LogP contribution >= 0.6 is 11.3 Å². The third-order valence-corrected chi connectivity index (χ3v) is 14.1. The molecule has 4 aromatic rings. The number of aromatic nitrogens is 3. The molecule has 1 amide bonds. The fourth-order valence-electron chi connectivity index (χ4n) is 8.39. The Hall–Kier alpha value is -3.75. The summed E-state index contributed by atoms with van der Waals surface area (Å²) in [6.45, 7) is 10.4. The van der Waals surface area contributed by atoms with Gasteiger partial charge in [-0.15, -0.1) is 11.3 Å². The Balaban J connectivity index is 1.26. The first kappa shape index (κ1) is 36.2. The zero-order valence-electron chi connectivity index (χ0n) is 31.1. The average Bonchev–Trinajstić information content (AvgIpc) is 3.53. The predicted octanol–water partition coefficient (Wildman–Crippen LogP) is 6.13. The Morgan fingerprint density at radius 2 is 2.04 bits per heavy atom. The summed E-state index contributed by atoms with van der Waals surface area (Å²) in [5.41, 5.74) is 9.41. The summed E-state index contributed by atoms with van der Waals surface area (Å²) in [6.07, 6.45) is 4.89. The van der Waals surface area contributed by atoms with E-state index < -0.39 is 28.1 Å². The first-order valence-corrected chi connectivity index (χ1v) is 20.7. The molecule has 11 nitrogen and oxygen atoms in total. The van der Waals surface area contributed by atoms with E-state index in [1.807, 2.05) is 19.2 Å². The van der Waals surface area contributed by atoms with Crippen molar-refractivity contribution >= 4 is 49.4 Å². The largest absolute Gasteiger partial charge is 0.464 e. The molecule has 13 heteroatoms. The number of aryl methyl sites for hydroxylation is 1. The molecule has 3 fully saturated rings. The van der Waals surface area contributed by atoms with Gasteiger partial charge in [0.2, 0.25) is 5.91 Å². The van der Waals surface area contributed by atoms with Gasteiger partial charge in [-0.2, -0.15) is 0 Å². The minimum atomic E-state index is -0.907. The topological polar surface area (TPSA) is 125 Å². The molecule has 0 saturated carbocycles. The maximum atomic E-state index is 14.5. The molecule has 5 atom stereocenters. The monoisotopic (exact) mass is 753 g/mol. The number of pyridine rings is 1. The number of Topliss-reactive ketones (excluding diaryl/α,β-unsaturated/α-hetero) is 1. The number of hydrazine groups is 1. The second kappa shape index (κ2) is 14.1. The molecule has 6 bridgehead atoms. The quantitative estimate of drug-likeness (QED) is 0.183. The minimum absolute atomic E-state index is 0.0224. The van der Waals surface area contributed by atoms with Gasteiger partial charge >= 0.3 is 5.97 Å². The second-order valence-electron chi connectivity index (χ2n) is 15.6. The van der Waals surface area contributed by atoms with E-state index in [4.69, 9.17) is 24.2 Å². The van der Waals surface area contributed by atoms with E-state index >= 15 is 0 Å².